The van der Waals surface area contributed by atoms with Crippen LogP contribution in [0.15, 0.2) is 216 Å². The second kappa shape index (κ2) is 17.1. The van der Waals surface area contributed by atoms with Crippen molar-refractivity contribution in [1.29, 1.82) is 0 Å². The van der Waals surface area contributed by atoms with Crippen molar-refractivity contribution in [3.8, 4) is 11.1 Å². The monoisotopic (exact) mass is 775 g/mol. The number of furan rings is 1. The number of nitrogens with zero attached hydrogens (tertiary/aromatic N) is 1. The molecule has 0 bridgehead atoms. The maximum Gasteiger partial charge on any atom is 0.135 e. The molecule has 0 aliphatic rings. The van der Waals surface area contributed by atoms with Crippen LogP contribution < -0.4 is 11.5 Å². The second-order valence-electron chi connectivity index (χ2n) is 15.1. The Labute approximate surface area is 350 Å². The largest absolute Gasteiger partial charge is 0.456 e. The molecule has 0 saturated carbocycles. The van der Waals surface area contributed by atoms with E-state index in [0.717, 1.165) is 33.1 Å². The van der Waals surface area contributed by atoms with Crippen LogP contribution in [0.4, 0.5) is 0 Å². The zero-order valence-corrected chi connectivity index (χ0v) is 33.6. The zero-order valence-electron chi connectivity index (χ0n) is 33.6. The van der Waals surface area contributed by atoms with Crippen molar-refractivity contribution in [3.63, 3.8) is 0 Å². The van der Waals surface area contributed by atoms with Gasteiger partial charge in [-0.05, 0) is 96.5 Å². The van der Waals surface area contributed by atoms with E-state index >= 15 is 0 Å². The van der Waals surface area contributed by atoms with Gasteiger partial charge >= 0.3 is 0 Å². The lowest BCUT2D eigenvalue weighted by molar-refractivity contribution is 0.668. The van der Waals surface area contributed by atoms with Gasteiger partial charge in [-0.15, -0.1) is 0 Å². The van der Waals surface area contributed by atoms with Crippen LogP contribution >= 0.6 is 0 Å². The van der Waals surface area contributed by atoms with Crippen LogP contribution in [-0.4, -0.2) is 5.84 Å². The first-order valence-electron chi connectivity index (χ1n) is 20.4. The van der Waals surface area contributed by atoms with Gasteiger partial charge in [-0.25, -0.2) is 0 Å². The van der Waals surface area contributed by atoms with Crippen LogP contribution in [0.25, 0.3) is 76.2 Å². The third-order valence-electron chi connectivity index (χ3n) is 11.1. The first kappa shape index (κ1) is 38.0. The number of fused-ring (bicyclic) bond motifs is 9. The summed E-state index contributed by atoms with van der Waals surface area (Å²) in [6.07, 6.45) is 0. The topological polar surface area (TPSA) is 77.5 Å². The van der Waals surface area contributed by atoms with Crippen LogP contribution in [-0.2, 0) is 13.1 Å². The number of hydrogen-bond acceptors (Lipinski definition) is 3. The lowest BCUT2D eigenvalue weighted by Gasteiger charge is -2.08. The van der Waals surface area contributed by atoms with Crippen molar-refractivity contribution in [2.45, 2.75) is 20.0 Å². The van der Waals surface area contributed by atoms with E-state index in [-0.39, 0.29) is 0 Å². The van der Waals surface area contributed by atoms with Crippen molar-refractivity contribution in [1.82, 2.24) is 0 Å². The summed E-state index contributed by atoms with van der Waals surface area (Å²) in [4.78, 5) is 4.36. The minimum atomic E-state index is 0.499. The van der Waals surface area contributed by atoms with Gasteiger partial charge in [-0.2, -0.15) is 0 Å². The Morgan fingerprint density at radius 1 is 0.467 bits per heavy atom. The van der Waals surface area contributed by atoms with E-state index < -0.39 is 0 Å². The predicted molar refractivity (Wildman–Crippen MR) is 256 cm³/mol. The average Bonchev–Trinajstić information content (AvgIpc) is 3.70. The van der Waals surface area contributed by atoms with Gasteiger partial charge in [-0.1, -0.05) is 188 Å². The van der Waals surface area contributed by atoms with Crippen LogP contribution in [0.5, 0.6) is 0 Å². The Morgan fingerprint density at radius 2 is 1.03 bits per heavy atom. The van der Waals surface area contributed by atoms with Gasteiger partial charge in [-0.3, -0.25) is 4.99 Å². The van der Waals surface area contributed by atoms with Crippen molar-refractivity contribution < 1.29 is 4.42 Å². The summed E-state index contributed by atoms with van der Waals surface area (Å²) < 4.78 is 6.05. The summed E-state index contributed by atoms with van der Waals surface area (Å²) in [5.41, 5.74) is 20.6. The first-order valence-corrected chi connectivity index (χ1v) is 20.4. The number of nitrogens with two attached hydrogens (primary N) is 2. The molecule has 4 N–H and O–H groups in total. The molecule has 0 saturated heterocycles. The number of hydrogen-bond donors (Lipinski definition) is 2. The summed E-state index contributed by atoms with van der Waals surface area (Å²) in [6, 6.07) is 71.6. The SMILES string of the molecule is Cc1ccc2c(ccc3ccccc32)c1.NC(=NCc1ccccc1)c1ccccc1.NCc1cccc2oc3ccc(-c4ccc5c(ccc6ccccc65)c4)cc3c12. The van der Waals surface area contributed by atoms with Crippen molar-refractivity contribution in [2.24, 2.45) is 16.5 Å². The van der Waals surface area contributed by atoms with E-state index in [1.807, 2.05) is 72.8 Å². The van der Waals surface area contributed by atoms with E-state index in [0.29, 0.717) is 18.9 Å². The molecule has 0 aliphatic carbocycles. The number of rotatable bonds is 5. The fraction of sp³-hybridized carbons (Fsp3) is 0.0536. The van der Waals surface area contributed by atoms with Gasteiger partial charge in [0.15, 0.2) is 0 Å². The highest BCUT2D eigenvalue weighted by atomic mass is 16.3. The molecule has 0 aliphatic heterocycles. The first-order chi connectivity index (χ1) is 29.5. The van der Waals surface area contributed by atoms with Crippen molar-refractivity contribution >= 4 is 70.9 Å². The minimum Gasteiger partial charge on any atom is -0.456 e. The Kier molecular flexibility index (Phi) is 10.9. The summed E-state index contributed by atoms with van der Waals surface area (Å²) >= 11 is 0. The third-order valence-corrected chi connectivity index (χ3v) is 11.1. The smallest absolute Gasteiger partial charge is 0.135 e. The molecule has 60 heavy (non-hydrogen) atoms. The fourth-order valence-corrected chi connectivity index (χ4v) is 8.04. The molecule has 0 radical (unpaired) electrons. The van der Waals surface area contributed by atoms with Gasteiger partial charge < -0.3 is 15.9 Å². The number of benzene rings is 10. The quantitative estimate of drug-likeness (QED) is 0.104. The highest BCUT2D eigenvalue weighted by Gasteiger charge is 2.12. The summed E-state index contributed by atoms with van der Waals surface area (Å²) in [6.45, 7) is 3.26. The molecular weight excluding hydrogens is 731 g/mol. The molecule has 11 rings (SSSR count). The van der Waals surface area contributed by atoms with E-state index in [1.165, 1.54) is 65.3 Å². The van der Waals surface area contributed by atoms with Gasteiger partial charge in [0.1, 0.15) is 17.0 Å². The van der Waals surface area contributed by atoms with Crippen LogP contribution in [0.1, 0.15) is 22.3 Å². The van der Waals surface area contributed by atoms with E-state index in [1.54, 1.807) is 0 Å². The summed E-state index contributed by atoms with van der Waals surface area (Å²) in [5, 5.41) is 12.7. The molecule has 10 aromatic carbocycles. The lowest BCUT2D eigenvalue weighted by Crippen LogP contribution is -2.13. The number of aryl methyl sites for hydroxylation is 1. The molecule has 0 atom stereocenters. The zero-order chi connectivity index (χ0) is 40.8. The molecule has 1 heterocycles. The average molecular weight is 776 g/mol. The van der Waals surface area contributed by atoms with Crippen LogP contribution in [0.3, 0.4) is 0 Å². The second-order valence-corrected chi connectivity index (χ2v) is 15.1. The Balaban J connectivity index is 0.000000127. The number of aliphatic imine (C=N–C) groups is 1. The highest BCUT2D eigenvalue weighted by Crippen LogP contribution is 2.36. The Hall–Kier alpha value is -7.53. The lowest BCUT2D eigenvalue weighted by atomic mass is 9.96. The molecule has 11 aromatic rings. The predicted octanol–water partition coefficient (Wildman–Crippen LogP) is 13.9. The molecule has 0 amide bonds. The van der Waals surface area contributed by atoms with E-state index in [2.05, 4.69) is 145 Å². The van der Waals surface area contributed by atoms with Crippen molar-refractivity contribution in [3.05, 3.63) is 229 Å². The van der Waals surface area contributed by atoms with Gasteiger partial charge in [0.05, 0.1) is 6.54 Å². The van der Waals surface area contributed by atoms with E-state index in [9.17, 15) is 0 Å². The van der Waals surface area contributed by atoms with Crippen LogP contribution in [0.2, 0.25) is 0 Å². The minimum absolute atomic E-state index is 0.499. The highest BCUT2D eigenvalue weighted by molar-refractivity contribution is 6.11. The van der Waals surface area contributed by atoms with Crippen LogP contribution in [0, 0.1) is 6.92 Å². The van der Waals surface area contributed by atoms with Gasteiger partial charge in [0.25, 0.3) is 0 Å². The maximum absolute atomic E-state index is 6.05. The fourth-order valence-electron chi connectivity index (χ4n) is 8.04. The maximum atomic E-state index is 6.05. The standard InChI is InChI=1S/C27H19NO.C15H12.C14H14N2/c28-16-21-5-3-7-26-27(21)24-15-19(11-13-25(24)29-26)18-10-12-23-20(14-18)9-8-17-4-1-2-6-22(17)23;1-11-6-9-15-13(10-11)8-7-12-4-2-3-5-14(12)15;15-14(13-9-5-2-6-10-13)16-11-12-7-3-1-4-8-12/h1-15H,16,28H2;2-10H,1H3;1-10H,11H2,(H2,15,16). The summed E-state index contributed by atoms with van der Waals surface area (Å²) in [5.74, 6) is 0.587. The summed E-state index contributed by atoms with van der Waals surface area (Å²) in [7, 11) is 0. The molecule has 4 nitrogen and oxygen atoms in total. The molecule has 1 aromatic heterocycles. The normalized spacial score (nSPS) is 11.5. The Bertz CT molecular complexity index is 3290. The third kappa shape index (κ3) is 7.97. The molecule has 290 valence electrons. The molecule has 0 unspecified atom stereocenters. The molecule has 4 heteroatoms. The van der Waals surface area contributed by atoms with Crippen molar-refractivity contribution in [2.75, 3.05) is 0 Å². The Morgan fingerprint density at radius 3 is 1.73 bits per heavy atom. The molecular formula is C56H45N3O. The molecule has 0 fully saturated rings. The van der Waals surface area contributed by atoms with E-state index in [4.69, 9.17) is 15.9 Å². The number of amidine groups is 1. The van der Waals surface area contributed by atoms with Gasteiger partial charge in [0, 0.05) is 22.9 Å². The molecule has 0 spiro atoms. The van der Waals surface area contributed by atoms with Gasteiger partial charge in [0.2, 0.25) is 0 Å².